The second-order valence-corrected chi connectivity index (χ2v) is 5.15. The van der Waals surface area contributed by atoms with Crippen molar-refractivity contribution in [2.45, 2.75) is 6.04 Å². The molecule has 6 nitrogen and oxygen atoms in total. The van der Waals surface area contributed by atoms with Gasteiger partial charge in [-0.05, 0) is 18.2 Å². The second kappa shape index (κ2) is 6.30. The van der Waals surface area contributed by atoms with Gasteiger partial charge in [-0.1, -0.05) is 23.2 Å². The predicted molar refractivity (Wildman–Crippen MR) is 74.3 cm³/mol. The van der Waals surface area contributed by atoms with Crippen molar-refractivity contribution in [1.82, 2.24) is 5.32 Å². The number of rotatable bonds is 3. The van der Waals surface area contributed by atoms with Crippen LogP contribution in [-0.2, 0) is 9.53 Å². The minimum absolute atomic E-state index is 0.0853. The van der Waals surface area contributed by atoms with Gasteiger partial charge in [0.25, 0.3) is 0 Å². The van der Waals surface area contributed by atoms with E-state index in [9.17, 15) is 9.59 Å². The highest BCUT2D eigenvalue weighted by Gasteiger charge is 2.35. The highest BCUT2D eigenvalue weighted by Crippen LogP contribution is 2.25. The highest BCUT2D eigenvalue weighted by atomic mass is 35.5. The van der Waals surface area contributed by atoms with Crippen molar-refractivity contribution in [1.29, 1.82) is 0 Å². The van der Waals surface area contributed by atoms with Crippen molar-refractivity contribution in [2.75, 3.05) is 18.5 Å². The molecular weight excluding hydrogens is 307 g/mol. The molecule has 0 bridgehead atoms. The average Bonchev–Trinajstić information content (AvgIpc) is 2.81. The van der Waals surface area contributed by atoms with Gasteiger partial charge < -0.3 is 20.5 Å². The predicted octanol–water partition coefficient (Wildman–Crippen LogP) is 2.21. The quantitative estimate of drug-likeness (QED) is 0.797. The van der Waals surface area contributed by atoms with Crippen molar-refractivity contribution in [3.05, 3.63) is 28.2 Å². The van der Waals surface area contributed by atoms with Crippen LogP contribution in [0.5, 0.6) is 0 Å². The van der Waals surface area contributed by atoms with Gasteiger partial charge >= 0.3 is 12.0 Å². The number of aliphatic carboxylic acids is 1. The molecule has 2 atom stereocenters. The Kier molecular flexibility index (Phi) is 4.69. The van der Waals surface area contributed by atoms with E-state index in [0.717, 1.165) is 0 Å². The minimum atomic E-state index is -1.00. The summed E-state index contributed by atoms with van der Waals surface area (Å²) < 4.78 is 5.05. The van der Waals surface area contributed by atoms with E-state index in [1.165, 1.54) is 6.07 Å². The van der Waals surface area contributed by atoms with Gasteiger partial charge in [-0.15, -0.1) is 0 Å². The van der Waals surface area contributed by atoms with Gasteiger partial charge in [0.1, 0.15) is 5.92 Å². The Bertz CT molecular complexity index is 538. The first-order valence-electron chi connectivity index (χ1n) is 5.80. The van der Waals surface area contributed by atoms with E-state index >= 15 is 0 Å². The molecule has 3 N–H and O–H groups in total. The first-order valence-corrected chi connectivity index (χ1v) is 6.56. The van der Waals surface area contributed by atoms with Crippen LogP contribution in [0.2, 0.25) is 10.0 Å². The maximum Gasteiger partial charge on any atom is 0.319 e. The Morgan fingerprint density at radius 2 is 2.05 bits per heavy atom. The van der Waals surface area contributed by atoms with Crippen LogP contribution in [0.15, 0.2) is 18.2 Å². The third kappa shape index (κ3) is 3.53. The molecule has 1 aromatic rings. The number of carbonyl (C=O) groups is 2. The van der Waals surface area contributed by atoms with Gasteiger partial charge in [0, 0.05) is 5.02 Å². The molecule has 0 saturated carbocycles. The molecule has 0 radical (unpaired) electrons. The summed E-state index contributed by atoms with van der Waals surface area (Å²) in [5.41, 5.74) is 0.388. The molecule has 2 rings (SSSR count). The molecule has 0 aromatic heterocycles. The third-order valence-corrected chi connectivity index (χ3v) is 3.44. The average molecular weight is 319 g/mol. The molecule has 1 aromatic carbocycles. The first-order chi connectivity index (χ1) is 9.47. The number of ether oxygens (including phenoxy) is 1. The van der Waals surface area contributed by atoms with Crippen LogP contribution in [0.25, 0.3) is 0 Å². The van der Waals surface area contributed by atoms with Crippen LogP contribution < -0.4 is 10.6 Å². The topological polar surface area (TPSA) is 87.7 Å². The molecule has 1 heterocycles. The molecule has 2 amide bonds. The summed E-state index contributed by atoms with van der Waals surface area (Å²) in [6, 6.07) is 3.53. The lowest BCUT2D eigenvalue weighted by molar-refractivity contribution is -0.142. The molecule has 1 aliphatic heterocycles. The van der Waals surface area contributed by atoms with Crippen LogP contribution in [0, 0.1) is 5.92 Å². The Morgan fingerprint density at radius 3 is 2.70 bits per heavy atom. The molecule has 1 saturated heterocycles. The second-order valence-electron chi connectivity index (χ2n) is 4.31. The highest BCUT2D eigenvalue weighted by molar-refractivity contribution is 6.36. The maximum absolute atomic E-state index is 11.8. The molecule has 1 aliphatic rings. The molecular formula is C12H12Cl2N2O4. The standard InChI is InChI=1S/C12H12Cl2N2O4/c13-6-1-2-9(8(14)3-6)15-12(19)16-10-5-20-4-7(10)11(17)18/h1-3,7,10H,4-5H2,(H,17,18)(H2,15,16,19). The number of benzene rings is 1. The molecule has 8 heteroatoms. The minimum Gasteiger partial charge on any atom is -0.481 e. The molecule has 108 valence electrons. The lowest BCUT2D eigenvalue weighted by atomic mass is 10.0. The van der Waals surface area contributed by atoms with E-state index in [4.69, 9.17) is 33.0 Å². The Hall–Kier alpha value is -1.50. The Morgan fingerprint density at radius 1 is 1.30 bits per heavy atom. The fraction of sp³-hybridized carbons (Fsp3) is 0.333. The number of amides is 2. The fourth-order valence-electron chi connectivity index (χ4n) is 1.86. The normalized spacial score (nSPS) is 21.5. The van der Waals surface area contributed by atoms with Gasteiger partial charge in [0.05, 0.1) is 30.0 Å². The summed E-state index contributed by atoms with van der Waals surface area (Å²) in [6.07, 6.45) is 0. The molecule has 20 heavy (non-hydrogen) atoms. The number of hydrogen-bond donors (Lipinski definition) is 3. The largest absolute Gasteiger partial charge is 0.481 e. The summed E-state index contributed by atoms with van der Waals surface area (Å²) >= 11 is 11.7. The van der Waals surface area contributed by atoms with Gasteiger partial charge in [0.15, 0.2) is 0 Å². The Balaban J connectivity index is 1.97. The van der Waals surface area contributed by atoms with Crippen LogP contribution >= 0.6 is 23.2 Å². The fourth-order valence-corrected chi connectivity index (χ4v) is 2.31. The van der Waals surface area contributed by atoms with Crippen molar-refractivity contribution in [3.8, 4) is 0 Å². The first kappa shape index (κ1) is 14.9. The van der Waals surface area contributed by atoms with Crippen molar-refractivity contribution >= 4 is 40.9 Å². The van der Waals surface area contributed by atoms with Gasteiger partial charge in [0.2, 0.25) is 0 Å². The lowest BCUT2D eigenvalue weighted by Gasteiger charge is -2.16. The molecule has 2 unspecified atom stereocenters. The van der Waals surface area contributed by atoms with Gasteiger partial charge in [-0.2, -0.15) is 0 Å². The summed E-state index contributed by atoms with van der Waals surface area (Å²) in [4.78, 5) is 22.8. The van der Waals surface area contributed by atoms with Crippen LogP contribution in [-0.4, -0.2) is 36.4 Å². The van der Waals surface area contributed by atoms with Crippen molar-refractivity contribution in [2.24, 2.45) is 5.92 Å². The van der Waals surface area contributed by atoms with Crippen LogP contribution in [0.1, 0.15) is 0 Å². The zero-order valence-electron chi connectivity index (χ0n) is 10.2. The van der Waals surface area contributed by atoms with Gasteiger partial charge in [-0.25, -0.2) is 4.79 Å². The molecule has 1 fully saturated rings. The maximum atomic E-state index is 11.8. The third-order valence-electron chi connectivity index (χ3n) is 2.89. The molecule has 0 spiro atoms. The number of halogens is 2. The van der Waals surface area contributed by atoms with Crippen LogP contribution in [0.3, 0.4) is 0 Å². The van der Waals surface area contributed by atoms with E-state index in [1.807, 2.05) is 0 Å². The van der Waals surface area contributed by atoms with Gasteiger partial charge in [-0.3, -0.25) is 4.79 Å². The van der Waals surface area contributed by atoms with Crippen molar-refractivity contribution < 1.29 is 19.4 Å². The zero-order valence-corrected chi connectivity index (χ0v) is 11.7. The van der Waals surface area contributed by atoms with E-state index in [-0.39, 0.29) is 13.2 Å². The van der Waals surface area contributed by atoms with Crippen molar-refractivity contribution in [3.63, 3.8) is 0 Å². The number of carbonyl (C=O) groups excluding carboxylic acids is 1. The number of hydrogen-bond acceptors (Lipinski definition) is 3. The lowest BCUT2D eigenvalue weighted by Crippen LogP contribution is -2.44. The number of carboxylic acids is 1. The summed E-state index contributed by atoms with van der Waals surface area (Å²) in [5.74, 6) is -1.75. The zero-order chi connectivity index (χ0) is 14.7. The summed E-state index contributed by atoms with van der Waals surface area (Å²) in [7, 11) is 0. The number of anilines is 1. The Labute approximate surface area is 125 Å². The van der Waals surface area contributed by atoms with Crippen LogP contribution in [0.4, 0.5) is 10.5 Å². The SMILES string of the molecule is O=C(Nc1ccc(Cl)cc1Cl)NC1COCC1C(=O)O. The smallest absolute Gasteiger partial charge is 0.319 e. The summed E-state index contributed by atoms with van der Waals surface area (Å²) in [6.45, 7) is 0.251. The van der Waals surface area contributed by atoms with E-state index < -0.39 is 24.0 Å². The summed E-state index contributed by atoms with van der Waals surface area (Å²) in [5, 5.41) is 14.8. The monoisotopic (exact) mass is 318 g/mol. The number of nitrogens with one attached hydrogen (secondary N) is 2. The van der Waals surface area contributed by atoms with E-state index in [1.54, 1.807) is 12.1 Å². The molecule has 0 aliphatic carbocycles. The number of carboxylic acid groups (broad SMARTS) is 1. The van der Waals surface area contributed by atoms with E-state index in [0.29, 0.717) is 15.7 Å². The number of urea groups is 1. The van der Waals surface area contributed by atoms with E-state index in [2.05, 4.69) is 10.6 Å².